The molecule has 0 heterocycles. The highest BCUT2D eigenvalue weighted by molar-refractivity contribution is 5.31. The molecule has 0 saturated heterocycles. The molecule has 1 aromatic carbocycles. The van der Waals surface area contributed by atoms with Crippen LogP contribution in [0.15, 0.2) is 24.3 Å². The van der Waals surface area contributed by atoms with Gasteiger partial charge in [-0.25, -0.2) is 0 Å². The number of ether oxygens (including phenoxy) is 2. The quantitative estimate of drug-likeness (QED) is 0.199. The number of hydrogen-bond acceptors (Lipinski definition) is 2. The summed E-state index contributed by atoms with van der Waals surface area (Å²) >= 11 is 0. The molecule has 0 aliphatic heterocycles. The second-order valence-corrected chi connectivity index (χ2v) is 7.84. The molecule has 0 aliphatic carbocycles. The maximum atomic E-state index is 14.4. The monoisotopic (exact) mass is 540 g/mol. The highest BCUT2D eigenvalue weighted by Crippen LogP contribution is 2.61. The number of alkyl halides is 13. The molecule has 1 unspecified atom stereocenters. The van der Waals surface area contributed by atoms with E-state index < -0.39 is 47.8 Å². The Morgan fingerprint density at radius 2 is 1.14 bits per heavy atom. The van der Waals surface area contributed by atoms with Gasteiger partial charge in [0.25, 0.3) is 0 Å². The number of benzene rings is 1. The first kappa shape index (κ1) is 31.1. The van der Waals surface area contributed by atoms with Gasteiger partial charge in [-0.1, -0.05) is 25.5 Å². The van der Waals surface area contributed by atoms with Gasteiger partial charge in [-0.15, -0.1) is 0 Å². The van der Waals surface area contributed by atoms with Crippen LogP contribution in [0.3, 0.4) is 0 Å². The van der Waals surface area contributed by atoms with Crippen LogP contribution in [0.25, 0.3) is 0 Å². The Bertz CT molecular complexity index is 834. The molecule has 2 nitrogen and oxygen atoms in total. The van der Waals surface area contributed by atoms with E-state index in [-0.39, 0.29) is 17.9 Å². The maximum absolute atomic E-state index is 14.4. The fraction of sp³-hybridized carbons (Fsp3) is 0.700. The second kappa shape index (κ2) is 9.85. The summed E-state index contributed by atoms with van der Waals surface area (Å²) < 4.78 is 184. The molecular weight excluding hydrogens is 519 g/mol. The zero-order valence-electron chi connectivity index (χ0n) is 18.4. The van der Waals surface area contributed by atoms with E-state index in [0.717, 1.165) is 18.6 Å². The Labute approximate surface area is 191 Å². The summed E-state index contributed by atoms with van der Waals surface area (Å²) in [6.45, 7) is 2.79. The average molecular weight is 540 g/mol. The Kier molecular flexibility index (Phi) is 8.75. The van der Waals surface area contributed by atoms with E-state index in [4.69, 9.17) is 9.47 Å². The minimum Gasteiger partial charge on any atom is -0.494 e. The van der Waals surface area contributed by atoms with Crippen molar-refractivity contribution < 1.29 is 66.5 Å². The summed E-state index contributed by atoms with van der Waals surface area (Å²) in [6, 6.07) is 4.35. The molecule has 0 spiro atoms. The van der Waals surface area contributed by atoms with Gasteiger partial charge in [-0.2, -0.15) is 57.1 Å². The molecular formula is C20H21F13O2. The summed E-state index contributed by atoms with van der Waals surface area (Å²) in [7, 11) is 0.671. The van der Waals surface area contributed by atoms with E-state index in [1.54, 1.807) is 0 Å². The smallest absolute Gasteiger partial charge is 0.460 e. The number of rotatable bonds is 12. The zero-order chi connectivity index (χ0) is 27.7. The second-order valence-electron chi connectivity index (χ2n) is 7.84. The molecule has 0 aromatic heterocycles. The van der Waals surface area contributed by atoms with Gasteiger partial charge in [-0.3, -0.25) is 0 Å². The van der Waals surface area contributed by atoms with E-state index in [0.29, 0.717) is 20.5 Å². The average Bonchev–Trinajstić information content (AvgIpc) is 2.72. The fourth-order valence-electron chi connectivity index (χ4n) is 2.87. The van der Waals surface area contributed by atoms with Gasteiger partial charge in [0, 0.05) is 7.11 Å². The van der Waals surface area contributed by atoms with Crippen molar-refractivity contribution in [2.45, 2.75) is 74.5 Å². The van der Waals surface area contributed by atoms with Gasteiger partial charge < -0.3 is 9.47 Å². The molecule has 0 saturated carbocycles. The van der Waals surface area contributed by atoms with Crippen molar-refractivity contribution in [3.8, 4) is 5.75 Å². The molecule has 0 fully saturated rings. The van der Waals surface area contributed by atoms with Gasteiger partial charge in [0.1, 0.15) is 5.75 Å². The minimum atomic E-state index is -7.94. The summed E-state index contributed by atoms with van der Waals surface area (Å²) in [6.07, 6.45) is -8.54. The van der Waals surface area contributed by atoms with Crippen LogP contribution < -0.4 is 4.74 Å². The van der Waals surface area contributed by atoms with Crippen molar-refractivity contribution in [1.29, 1.82) is 0 Å². The van der Waals surface area contributed by atoms with Crippen LogP contribution in [-0.4, -0.2) is 49.5 Å². The molecule has 15 heteroatoms. The predicted molar refractivity (Wildman–Crippen MR) is 96.6 cm³/mol. The van der Waals surface area contributed by atoms with Crippen molar-refractivity contribution in [2.24, 2.45) is 0 Å². The first-order valence-electron chi connectivity index (χ1n) is 9.80. The molecule has 0 radical (unpaired) electrons. The lowest BCUT2D eigenvalue weighted by Crippen LogP contribution is -2.70. The van der Waals surface area contributed by atoms with E-state index in [2.05, 4.69) is 0 Å². The van der Waals surface area contributed by atoms with Crippen LogP contribution in [0, 0.1) is 0 Å². The number of methoxy groups -OCH3 is 1. The lowest BCUT2D eigenvalue weighted by Gasteiger charge is -2.42. The largest absolute Gasteiger partial charge is 0.494 e. The molecule has 204 valence electrons. The first-order valence-corrected chi connectivity index (χ1v) is 9.80. The van der Waals surface area contributed by atoms with Crippen molar-refractivity contribution >= 4 is 0 Å². The molecule has 1 aromatic rings. The fourth-order valence-corrected chi connectivity index (χ4v) is 2.87. The standard InChI is InChI=1S/C20H21F13O2/c1-4-5-10-35-13-8-6-12(7-9-13)14(2,34-3)11-15(21,22)16(23,24)17(25,26)18(27,28)19(29,30)20(31,32)33/h6-9H,4-5,10-11H2,1-3H3. The van der Waals surface area contributed by atoms with Gasteiger partial charge in [-0.05, 0) is 31.0 Å². The topological polar surface area (TPSA) is 18.5 Å². The van der Waals surface area contributed by atoms with Crippen LogP contribution in [0.5, 0.6) is 5.75 Å². The minimum absolute atomic E-state index is 0.193. The van der Waals surface area contributed by atoms with E-state index in [1.807, 2.05) is 6.92 Å². The SMILES string of the molecule is CCCCOc1ccc(C(C)(CC(F)(F)C(F)(F)C(F)(F)C(F)(F)C(F)(F)C(F)(F)F)OC)cc1. The number of halogens is 13. The van der Waals surface area contributed by atoms with Crippen molar-refractivity contribution in [3.63, 3.8) is 0 Å². The Morgan fingerprint density at radius 3 is 1.54 bits per heavy atom. The molecule has 0 amide bonds. The Hall–Kier alpha value is -1.93. The molecule has 0 bridgehead atoms. The predicted octanol–water partition coefficient (Wildman–Crippen LogP) is 7.86. The lowest BCUT2D eigenvalue weighted by atomic mass is 9.84. The van der Waals surface area contributed by atoms with Gasteiger partial charge in [0.15, 0.2) is 0 Å². The van der Waals surface area contributed by atoms with Crippen LogP contribution in [0.4, 0.5) is 57.1 Å². The summed E-state index contributed by atoms with van der Waals surface area (Å²) in [5.41, 5.74) is -2.97. The molecule has 1 atom stereocenters. The molecule has 35 heavy (non-hydrogen) atoms. The summed E-state index contributed by atoms with van der Waals surface area (Å²) in [5, 5.41) is 0. The normalized spacial score (nSPS) is 16.2. The van der Waals surface area contributed by atoms with Gasteiger partial charge >= 0.3 is 35.8 Å². The third kappa shape index (κ3) is 5.43. The number of unbranched alkanes of at least 4 members (excludes halogenated alkanes) is 1. The molecule has 1 rings (SSSR count). The third-order valence-corrected chi connectivity index (χ3v) is 5.24. The van der Waals surface area contributed by atoms with Gasteiger partial charge in [0.2, 0.25) is 0 Å². The lowest BCUT2D eigenvalue weighted by molar-refractivity contribution is -0.441. The highest BCUT2D eigenvalue weighted by Gasteiger charge is 2.90. The van der Waals surface area contributed by atoms with E-state index in [9.17, 15) is 57.1 Å². The van der Waals surface area contributed by atoms with Crippen molar-refractivity contribution in [1.82, 2.24) is 0 Å². The highest BCUT2D eigenvalue weighted by atomic mass is 19.4. The molecule has 0 aliphatic rings. The third-order valence-electron chi connectivity index (χ3n) is 5.24. The Morgan fingerprint density at radius 1 is 0.686 bits per heavy atom. The zero-order valence-corrected chi connectivity index (χ0v) is 18.4. The summed E-state index contributed by atoms with van der Waals surface area (Å²) in [5.74, 6) is -37.0. The van der Waals surface area contributed by atoms with E-state index >= 15 is 0 Å². The van der Waals surface area contributed by atoms with Crippen molar-refractivity contribution in [2.75, 3.05) is 13.7 Å². The van der Waals surface area contributed by atoms with Crippen molar-refractivity contribution in [3.05, 3.63) is 29.8 Å². The van der Waals surface area contributed by atoms with E-state index in [1.165, 1.54) is 12.1 Å². The van der Waals surface area contributed by atoms with Crippen LogP contribution in [0.1, 0.15) is 38.7 Å². The summed E-state index contributed by atoms with van der Waals surface area (Å²) in [4.78, 5) is 0. The maximum Gasteiger partial charge on any atom is 0.460 e. The first-order chi connectivity index (χ1) is 15.6. The van der Waals surface area contributed by atoms with Crippen LogP contribution >= 0.6 is 0 Å². The Balaban J connectivity index is 3.37. The molecule has 0 N–H and O–H groups in total. The van der Waals surface area contributed by atoms with Crippen LogP contribution in [0.2, 0.25) is 0 Å². The van der Waals surface area contributed by atoms with Crippen LogP contribution in [-0.2, 0) is 10.3 Å². The van der Waals surface area contributed by atoms with Gasteiger partial charge in [0.05, 0.1) is 18.6 Å². The number of hydrogen-bond donors (Lipinski definition) is 0.